The maximum absolute atomic E-state index is 13.5. The minimum absolute atomic E-state index is 0.00266. The predicted molar refractivity (Wildman–Crippen MR) is 130 cm³/mol. The molecule has 6 heteroatoms. The van der Waals surface area contributed by atoms with Gasteiger partial charge in [-0.2, -0.15) is 5.26 Å². The van der Waals surface area contributed by atoms with Crippen molar-refractivity contribution >= 4 is 29.0 Å². The van der Waals surface area contributed by atoms with Gasteiger partial charge in [-0.15, -0.1) is 0 Å². The third-order valence-corrected chi connectivity index (χ3v) is 5.05. The molecular formula is C27H22N4O2. The number of benzene rings is 3. The molecule has 1 heterocycles. The lowest BCUT2D eigenvalue weighted by Crippen LogP contribution is -2.30. The Morgan fingerprint density at radius 3 is 2.52 bits per heavy atom. The number of nitrogens with zero attached hydrogens (tertiary/aromatic N) is 3. The Bertz CT molecular complexity index is 1460. The molecule has 0 radical (unpaired) electrons. The Balaban J connectivity index is 1.86. The summed E-state index contributed by atoms with van der Waals surface area (Å²) in [5.74, 6) is 0.229. The van der Waals surface area contributed by atoms with Crippen molar-refractivity contribution in [3.05, 3.63) is 106 Å². The molecule has 1 amide bonds. The van der Waals surface area contributed by atoms with E-state index in [1.54, 1.807) is 60.7 Å². The van der Waals surface area contributed by atoms with Gasteiger partial charge < -0.3 is 5.32 Å². The van der Waals surface area contributed by atoms with Gasteiger partial charge in [0.2, 0.25) is 0 Å². The first-order chi connectivity index (χ1) is 16.0. The van der Waals surface area contributed by atoms with Crippen LogP contribution in [0.5, 0.6) is 0 Å². The molecule has 162 valence electrons. The van der Waals surface area contributed by atoms with Crippen LogP contribution in [0.3, 0.4) is 0 Å². The predicted octanol–water partition coefficient (Wildman–Crippen LogP) is 4.57. The van der Waals surface area contributed by atoms with E-state index in [2.05, 4.69) is 11.4 Å². The van der Waals surface area contributed by atoms with Gasteiger partial charge in [0, 0.05) is 11.6 Å². The lowest BCUT2D eigenvalue weighted by molar-refractivity contribution is 0.0943. The van der Waals surface area contributed by atoms with Gasteiger partial charge in [0.05, 0.1) is 28.2 Å². The van der Waals surface area contributed by atoms with Crippen LogP contribution in [-0.2, 0) is 0 Å². The van der Waals surface area contributed by atoms with E-state index >= 15 is 0 Å². The van der Waals surface area contributed by atoms with Gasteiger partial charge in [0.25, 0.3) is 11.5 Å². The van der Waals surface area contributed by atoms with Crippen LogP contribution in [0.1, 0.15) is 41.2 Å². The first-order valence-electron chi connectivity index (χ1n) is 10.6. The molecule has 1 N–H and O–H groups in total. The highest BCUT2D eigenvalue weighted by molar-refractivity contribution is 5.95. The third kappa shape index (κ3) is 4.73. The maximum Gasteiger partial charge on any atom is 0.266 e. The molecular weight excluding hydrogens is 412 g/mol. The number of rotatable bonds is 5. The van der Waals surface area contributed by atoms with Crippen LogP contribution in [0.2, 0.25) is 0 Å². The van der Waals surface area contributed by atoms with Gasteiger partial charge in [0.1, 0.15) is 5.82 Å². The second kappa shape index (κ2) is 9.33. The topological polar surface area (TPSA) is 87.8 Å². The fourth-order valence-corrected chi connectivity index (χ4v) is 3.48. The van der Waals surface area contributed by atoms with Gasteiger partial charge in [-0.05, 0) is 68.0 Å². The quantitative estimate of drug-likeness (QED) is 0.499. The molecule has 6 nitrogen and oxygen atoms in total. The summed E-state index contributed by atoms with van der Waals surface area (Å²) in [6, 6.07) is 23.3. The highest BCUT2D eigenvalue weighted by Gasteiger charge is 2.13. The van der Waals surface area contributed by atoms with Crippen LogP contribution in [0, 0.1) is 11.3 Å². The number of hydrogen-bond donors (Lipinski definition) is 1. The van der Waals surface area contributed by atoms with Crippen LogP contribution in [0.25, 0.3) is 28.7 Å². The highest BCUT2D eigenvalue weighted by atomic mass is 16.1. The summed E-state index contributed by atoms with van der Waals surface area (Å²) in [4.78, 5) is 30.7. The van der Waals surface area contributed by atoms with E-state index in [-0.39, 0.29) is 17.5 Å². The first-order valence-corrected chi connectivity index (χ1v) is 10.6. The lowest BCUT2D eigenvalue weighted by Gasteiger charge is -2.13. The molecule has 4 rings (SSSR count). The molecule has 3 aromatic carbocycles. The minimum Gasteiger partial charge on any atom is -0.350 e. The molecule has 0 saturated heterocycles. The van der Waals surface area contributed by atoms with E-state index in [4.69, 9.17) is 10.2 Å². The molecule has 0 atom stereocenters. The van der Waals surface area contributed by atoms with Gasteiger partial charge >= 0.3 is 0 Å². The van der Waals surface area contributed by atoms with Crippen molar-refractivity contribution in [2.45, 2.75) is 19.9 Å². The van der Waals surface area contributed by atoms with E-state index in [9.17, 15) is 9.59 Å². The summed E-state index contributed by atoms with van der Waals surface area (Å²) in [7, 11) is 0. The number of nitriles is 1. The van der Waals surface area contributed by atoms with Crippen molar-refractivity contribution in [1.82, 2.24) is 14.9 Å². The summed E-state index contributed by atoms with van der Waals surface area (Å²) in [5, 5.41) is 12.4. The Labute approximate surface area is 191 Å². The third-order valence-electron chi connectivity index (χ3n) is 5.05. The molecule has 33 heavy (non-hydrogen) atoms. The number of fused-ring (bicyclic) bond motifs is 1. The monoisotopic (exact) mass is 434 g/mol. The second-order valence-electron chi connectivity index (χ2n) is 7.87. The Kier molecular flexibility index (Phi) is 6.14. The zero-order chi connectivity index (χ0) is 23.4. The van der Waals surface area contributed by atoms with Crippen molar-refractivity contribution in [3.63, 3.8) is 0 Å². The number of amides is 1. The van der Waals surface area contributed by atoms with Crippen LogP contribution in [-0.4, -0.2) is 21.5 Å². The zero-order valence-corrected chi connectivity index (χ0v) is 18.3. The van der Waals surface area contributed by atoms with E-state index in [0.29, 0.717) is 33.5 Å². The fraction of sp³-hybridized carbons (Fsp3) is 0.111. The number of hydrogen-bond acceptors (Lipinski definition) is 4. The molecule has 0 spiro atoms. The molecule has 0 aliphatic heterocycles. The summed E-state index contributed by atoms with van der Waals surface area (Å²) >= 11 is 0. The number of nitrogens with one attached hydrogen (secondary N) is 1. The number of para-hydroxylation sites is 1. The molecule has 0 unspecified atom stereocenters. The number of aromatic nitrogens is 2. The highest BCUT2D eigenvalue weighted by Crippen LogP contribution is 2.17. The average molecular weight is 434 g/mol. The van der Waals surface area contributed by atoms with Crippen molar-refractivity contribution < 1.29 is 4.79 Å². The molecule has 0 saturated carbocycles. The van der Waals surface area contributed by atoms with Gasteiger partial charge in [-0.3, -0.25) is 14.2 Å². The molecule has 0 aliphatic rings. The second-order valence-corrected chi connectivity index (χ2v) is 7.87. The molecule has 1 aromatic heterocycles. The average Bonchev–Trinajstić information content (AvgIpc) is 2.83. The summed E-state index contributed by atoms with van der Waals surface area (Å²) in [6.07, 6.45) is 3.60. The lowest BCUT2D eigenvalue weighted by atomic mass is 10.1. The van der Waals surface area contributed by atoms with Crippen molar-refractivity contribution in [2.75, 3.05) is 0 Å². The molecule has 0 fully saturated rings. The Morgan fingerprint density at radius 2 is 1.79 bits per heavy atom. The van der Waals surface area contributed by atoms with Crippen LogP contribution in [0.4, 0.5) is 0 Å². The van der Waals surface area contributed by atoms with Crippen molar-refractivity contribution in [2.24, 2.45) is 0 Å². The normalized spacial score (nSPS) is 11.1. The van der Waals surface area contributed by atoms with Gasteiger partial charge in [0.15, 0.2) is 0 Å². The number of carbonyl (C=O) groups excluding carboxylic acids is 1. The molecule has 0 aliphatic carbocycles. The summed E-state index contributed by atoms with van der Waals surface area (Å²) in [6.45, 7) is 3.79. The minimum atomic E-state index is -0.221. The van der Waals surface area contributed by atoms with Crippen LogP contribution < -0.4 is 10.9 Å². The molecule has 0 bridgehead atoms. The number of carbonyl (C=O) groups is 1. The van der Waals surface area contributed by atoms with Crippen LogP contribution >= 0.6 is 0 Å². The largest absolute Gasteiger partial charge is 0.350 e. The van der Waals surface area contributed by atoms with Gasteiger partial charge in [-0.25, -0.2) is 4.98 Å². The first kappa shape index (κ1) is 21.7. The van der Waals surface area contributed by atoms with E-state index in [1.807, 2.05) is 38.1 Å². The van der Waals surface area contributed by atoms with Gasteiger partial charge in [-0.1, -0.05) is 36.4 Å². The van der Waals surface area contributed by atoms with Crippen molar-refractivity contribution in [1.29, 1.82) is 5.26 Å². The smallest absolute Gasteiger partial charge is 0.266 e. The zero-order valence-electron chi connectivity index (χ0n) is 18.3. The summed E-state index contributed by atoms with van der Waals surface area (Å²) in [5.41, 5.74) is 2.82. The fourth-order valence-electron chi connectivity index (χ4n) is 3.48. The summed E-state index contributed by atoms with van der Waals surface area (Å²) < 4.78 is 1.51. The molecule has 4 aromatic rings. The Hall–Kier alpha value is -4.50. The van der Waals surface area contributed by atoms with Crippen LogP contribution in [0.15, 0.2) is 77.6 Å². The standard InChI is InChI=1S/C27H22N4O2/c1-18(2)29-26(32)21-6-5-7-22(16-21)31-25(15-14-19-10-12-20(17-28)13-11-19)30-24-9-4-3-8-23(24)27(31)33/h3-16,18H,1-2H3,(H,29,32)/b15-14+. The van der Waals surface area contributed by atoms with E-state index in [1.165, 1.54) is 4.57 Å². The SMILES string of the molecule is CC(C)NC(=O)c1cccc(-n2c(/C=C/c3ccc(C#N)cc3)nc3ccccc3c2=O)c1. The van der Waals surface area contributed by atoms with E-state index in [0.717, 1.165) is 5.56 Å². The van der Waals surface area contributed by atoms with E-state index < -0.39 is 0 Å². The Morgan fingerprint density at radius 1 is 1.03 bits per heavy atom. The van der Waals surface area contributed by atoms with Crippen molar-refractivity contribution in [3.8, 4) is 11.8 Å². The maximum atomic E-state index is 13.5.